The van der Waals surface area contributed by atoms with Crippen molar-refractivity contribution in [3.63, 3.8) is 0 Å². The van der Waals surface area contributed by atoms with Crippen molar-refractivity contribution < 1.29 is 27.1 Å². The molecule has 0 aliphatic carbocycles. The van der Waals surface area contributed by atoms with Gasteiger partial charge in [-0.3, -0.25) is 4.79 Å². The number of rotatable bonds is 9. The lowest BCUT2D eigenvalue weighted by molar-refractivity contribution is -0.139. The lowest BCUT2D eigenvalue weighted by atomic mass is 10.2. The van der Waals surface area contributed by atoms with Crippen molar-refractivity contribution in [2.45, 2.75) is 18.6 Å². The molecule has 1 aromatic rings. The van der Waals surface area contributed by atoms with Gasteiger partial charge in [0.05, 0.1) is 20.3 Å². The Kier molecular flexibility index (Phi) is 7.43. The molecule has 0 aliphatic rings. The smallest absolute Gasteiger partial charge is 0.325 e. The van der Waals surface area contributed by atoms with Crippen LogP contribution in [0.1, 0.15) is 12.5 Å². The highest BCUT2D eigenvalue weighted by Gasteiger charge is 2.28. The van der Waals surface area contributed by atoms with Gasteiger partial charge in [0, 0.05) is 6.54 Å². The zero-order chi connectivity index (χ0) is 16.6. The van der Waals surface area contributed by atoms with Crippen LogP contribution in [0.4, 0.5) is 4.39 Å². The van der Waals surface area contributed by atoms with E-state index in [1.807, 2.05) is 0 Å². The summed E-state index contributed by atoms with van der Waals surface area (Å²) in [6, 6.07) is 6.08. The molecule has 0 amide bonds. The number of ether oxygens (including phenoxy) is 2. The van der Waals surface area contributed by atoms with E-state index in [1.165, 1.54) is 19.1 Å². The second-order valence-corrected chi connectivity index (χ2v) is 6.68. The van der Waals surface area contributed by atoms with Crippen LogP contribution >= 0.6 is 0 Å². The molecular weight excluding hydrogens is 313 g/mol. The lowest BCUT2D eigenvalue weighted by Crippen LogP contribution is -2.39. The minimum atomic E-state index is -3.76. The van der Waals surface area contributed by atoms with Gasteiger partial charge in [0.25, 0.3) is 0 Å². The van der Waals surface area contributed by atoms with Gasteiger partial charge in [0.15, 0.2) is 5.25 Å². The largest absolute Gasteiger partial charge is 0.468 e. The average Bonchev–Trinajstić information content (AvgIpc) is 2.50. The van der Waals surface area contributed by atoms with Crippen LogP contribution in [0.5, 0.6) is 0 Å². The summed E-state index contributed by atoms with van der Waals surface area (Å²) < 4.78 is 48.1. The Hall–Kier alpha value is -1.51. The van der Waals surface area contributed by atoms with E-state index in [0.717, 1.165) is 12.7 Å². The molecule has 1 aromatic carbocycles. The van der Waals surface area contributed by atoms with Crippen LogP contribution in [-0.4, -0.2) is 46.5 Å². The van der Waals surface area contributed by atoms with E-state index in [-0.39, 0.29) is 19.0 Å². The number of esters is 1. The van der Waals surface area contributed by atoms with Crippen LogP contribution in [0.3, 0.4) is 0 Å². The van der Waals surface area contributed by atoms with Crippen LogP contribution in [-0.2, 0) is 30.7 Å². The molecule has 1 N–H and O–H groups in total. The number of benzene rings is 1. The van der Waals surface area contributed by atoms with E-state index in [2.05, 4.69) is 9.46 Å². The van der Waals surface area contributed by atoms with Gasteiger partial charge in [-0.2, -0.15) is 0 Å². The van der Waals surface area contributed by atoms with E-state index < -0.39 is 21.2 Å². The summed E-state index contributed by atoms with van der Waals surface area (Å²) in [5, 5.41) is -1.27. The van der Waals surface area contributed by atoms with E-state index in [1.54, 1.807) is 12.1 Å². The molecule has 0 radical (unpaired) electrons. The quantitative estimate of drug-likeness (QED) is 0.535. The molecule has 1 atom stereocenters. The van der Waals surface area contributed by atoms with E-state index in [4.69, 9.17) is 4.74 Å². The normalized spacial score (nSPS) is 12.9. The molecule has 0 bridgehead atoms. The van der Waals surface area contributed by atoms with Crippen LogP contribution in [0.25, 0.3) is 0 Å². The van der Waals surface area contributed by atoms with Gasteiger partial charge in [0.1, 0.15) is 5.82 Å². The maximum absolute atomic E-state index is 12.7. The fourth-order valence-electron chi connectivity index (χ4n) is 1.62. The zero-order valence-corrected chi connectivity index (χ0v) is 13.4. The Morgan fingerprint density at radius 2 is 1.91 bits per heavy atom. The molecule has 0 saturated carbocycles. The topological polar surface area (TPSA) is 81.7 Å². The zero-order valence-electron chi connectivity index (χ0n) is 12.5. The van der Waals surface area contributed by atoms with Gasteiger partial charge >= 0.3 is 5.97 Å². The van der Waals surface area contributed by atoms with Crippen molar-refractivity contribution in [3.05, 3.63) is 35.6 Å². The van der Waals surface area contributed by atoms with Crippen molar-refractivity contribution in [1.82, 2.24) is 4.72 Å². The first-order valence-corrected chi connectivity index (χ1v) is 8.30. The van der Waals surface area contributed by atoms with Crippen LogP contribution < -0.4 is 4.72 Å². The number of hydrogen-bond acceptors (Lipinski definition) is 5. The summed E-state index contributed by atoms with van der Waals surface area (Å²) in [5.74, 6) is -1.11. The molecule has 0 aromatic heterocycles. The fourth-order valence-corrected chi connectivity index (χ4v) is 2.58. The van der Waals surface area contributed by atoms with Crippen molar-refractivity contribution >= 4 is 16.0 Å². The van der Waals surface area contributed by atoms with Gasteiger partial charge in [-0.05, 0) is 31.0 Å². The third kappa shape index (κ3) is 6.08. The average molecular weight is 333 g/mol. The minimum Gasteiger partial charge on any atom is -0.468 e. The number of carbonyl (C=O) groups excluding carboxylic acids is 1. The van der Waals surface area contributed by atoms with Gasteiger partial charge in [-0.25, -0.2) is 17.5 Å². The third-order valence-corrected chi connectivity index (χ3v) is 4.73. The number of hydrogen-bond donors (Lipinski definition) is 1. The molecule has 0 heterocycles. The highest BCUT2D eigenvalue weighted by atomic mass is 32.2. The lowest BCUT2D eigenvalue weighted by Gasteiger charge is -2.12. The molecule has 1 rings (SSSR count). The number of sulfonamides is 1. The second-order valence-electron chi connectivity index (χ2n) is 4.59. The summed E-state index contributed by atoms with van der Waals surface area (Å²) in [7, 11) is -2.63. The molecule has 0 spiro atoms. The Balaban J connectivity index is 2.22. The summed E-state index contributed by atoms with van der Waals surface area (Å²) >= 11 is 0. The SMILES string of the molecule is COC(=O)C(C)S(=O)(=O)NCCOCCc1ccc(F)cc1. The summed E-state index contributed by atoms with van der Waals surface area (Å²) in [6.07, 6.45) is 0.603. The summed E-state index contributed by atoms with van der Waals surface area (Å²) in [5.41, 5.74) is 0.932. The fraction of sp³-hybridized carbons (Fsp3) is 0.500. The monoisotopic (exact) mass is 333 g/mol. The van der Waals surface area contributed by atoms with Crippen molar-refractivity contribution in [2.24, 2.45) is 0 Å². The molecule has 0 saturated heterocycles. The predicted octanol–water partition coefficient (Wildman–Crippen LogP) is 0.866. The molecule has 22 heavy (non-hydrogen) atoms. The maximum Gasteiger partial charge on any atom is 0.325 e. The molecule has 124 valence electrons. The van der Waals surface area contributed by atoms with Crippen molar-refractivity contribution in [3.8, 4) is 0 Å². The van der Waals surface area contributed by atoms with Crippen LogP contribution in [0.2, 0.25) is 0 Å². The minimum absolute atomic E-state index is 0.0626. The van der Waals surface area contributed by atoms with Gasteiger partial charge < -0.3 is 9.47 Å². The molecule has 8 heteroatoms. The first kappa shape index (κ1) is 18.5. The van der Waals surface area contributed by atoms with E-state index in [0.29, 0.717) is 13.0 Å². The van der Waals surface area contributed by atoms with Crippen LogP contribution in [0, 0.1) is 5.82 Å². The second kappa shape index (κ2) is 8.82. The molecular formula is C14H20FNO5S. The highest BCUT2D eigenvalue weighted by Crippen LogP contribution is 2.03. The molecule has 0 aliphatic heterocycles. The van der Waals surface area contributed by atoms with Gasteiger partial charge in [-0.15, -0.1) is 0 Å². The summed E-state index contributed by atoms with van der Waals surface area (Å²) in [4.78, 5) is 11.2. The first-order chi connectivity index (χ1) is 10.4. The Bertz CT molecular complexity index is 573. The first-order valence-electron chi connectivity index (χ1n) is 6.75. The standard InChI is InChI=1S/C14H20FNO5S/c1-11(14(17)20-2)22(18,19)16-8-10-21-9-7-12-3-5-13(15)6-4-12/h3-6,11,16H,7-10H2,1-2H3. The third-order valence-electron chi connectivity index (χ3n) is 3.00. The number of methoxy groups -OCH3 is 1. The maximum atomic E-state index is 12.7. The molecule has 0 fully saturated rings. The van der Waals surface area contributed by atoms with Gasteiger partial charge in [0.2, 0.25) is 10.0 Å². The number of nitrogens with one attached hydrogen (secondary N) is 1. The Morgan fingerprint density at radius 1 is 1.27 bits per heavy atom. The number of carbonyl (C=O) groups is 1. The van der Waals surface area contributed by atoms with Gasteiger partial charge in [-0.1, -0.05) is 12.1 Å². The van der Waals surface area contributed by atoms with Crippen LogP contribution in [0.15, 0.2) is 24.3 Å². The van der Waals surface area contributed by atoms with E-state index in [9.17, 15) is 17.6 Å². The van der Waals surface area contributed by atoms with Crippen molar-refractivity contribution in [2.75, 3.05) is 26.9 Å². The van der Waals surface area contributed by atoms with Crippen molar-refractivity contribution in [1.29, 1.82) is 0 Å². The van der Waals surface area contributed by atoms with E-state index >= 15 is 0 Å². The Labute approximate surface area is 129 Å². The Morgan fingerprint density at radius 3 is 2.50 bits per heavy atom. The summed E-state index contributed by atoms with van der Waals surface area (Å²) in [6.45, 7) is 1.88. The predicted molar refractivity (Wildman–Crippen MR) is 79.3 cm³/mol. The number of halogens is 1. The molecule has 1 unspecified atom stereocenters. The molecule has 6 nitrogen and oxygen atoms in total. The highest BCUT2D eigenvalue weighted by molar-refractivity contribution is 7.90.